The predicted octanol–water partition coefficient (Wildman–Crippen LogP) is 1.40. The Morgan fingerprint density at radius 3 is 2.83 bits per heavy atom. The third-order valence-corrected chi connectivity index (χ3v) is 4.82. The second-order valence-corrected chi connectivity index (χ2v) is 6.70. The number of ether oxygens (including phenoxy) is 1. The fourth-order valence-corrected chi connectivity index (χ4v) is 3.52. The van der Waals surface area contributed by atoms with E-state index < -0.39 is 5.60 Å². The fourth-order valence-electron chi connectivity index (χ4n) is 3.52. The molecule has 2 saturated heterocycles. The highest BCUT2D eigenvalue weighted by Crippen LogP contribution is 2.26. The van der Waals surface area contributed by atoms with Gasteiger partial charge in [-0.1, -0.05) is 18.2 Å². The van der Waals surface area contributed by atoms with Gasteiger partial charge in [0.15, 0.2) is 5.60 Å². The normalized spacial score (nSPS) is 26.4. The molecule has 0 aliphatic carbocycles. The van der Waals surface area contributed by atoms with E-state index in [2.05, 4.69) is 4.90 Å². The van der Waals surface area contributed by atoms with E-state index in [4.69, 9.17) is 4.74 Å². The summed E-state index contributed by atoms with van der Waals surface area (Å²) in [7, 11) is 0. The molecule has 2 aliphatic rings. The maximum absolute atomic E-state index is 13.9. The number of nitrogens with zero attached hydrogens (tertiary/aromatic N) is 2. The van der Waals surface area contributed by atoms with Crippen molar-refractivity contribution in [2.45, 2.75) is 31.4 Å². The van der Waals surface area contributed by atoms with Gasteiger partial charge in [-0.15, -0.1) is 0 Å². The van der Waals surface area contributed by atoms with E-state index in [1.807, 2.05) is 0 Å². The second kappa shape index (κ2) is 7.59. The molecule has 5 nitrogen and oxygen atoms in total. The van der Waals surface area contributed by atoms with E-state index in [9.17, 15) is 14.3 Å². The molecular formula is C18H25FN2O3. The molecule has 2 fully saturated rings. The average Bonchev–Trinajstić information content (AvgIpc) is 2.82. The maximum atomic E-state index is 13.9. The Kier molecular flexibility index (Phi) is 5.48. The average molecular weight is 336 g/mol. The van der Waals surface area contributed by atoms with Gasteiger partial charge < -0.3 is 14.7 Å². The molecule has 24 heavy (non-hydrogen) atoms. The van der Waals surface area contributed by atoms with Crippen LogP contribution in [-0.2, 0) is 16.1 Å². The number of hydrogen-bond acceptors (Lipinski definition) is 4. The first-order valence-electron chi connectivity index (χ1n) is 8.64. The van der Waals surface area contributed by atoms with Gasteiger partial charge in [0.2, 0.25) is 0 Å². The fraction of sp³-hybridized carbons (Fsp3) is 0.611. The molecule has 0 spiro atoms. The first-order valence-corrected chi connectivity index (χ1v) is 8.64. The van der Waals surface area contributed by atoms with Crippen LogP contribution >= 0.6 is 0 Å². The van der Waals surface area contributed by atoms with Gasteiger partial charge in [0.1, 0.15) is 5.82 Å². The smallest absolute Gasteiger partial charge is 0.256 e. The topological polar surface area (TPSA) is 53.0 Å². The first-order chi connectivity index (χ1) is 11.6. The van der Waals surface area contributed by atoms with Gasteiger partial charge in [0.05, 0.1) is 6.61 Å². The molecule has 0 saturated carbocycles. The highest BCUT2D eigenvalue weighted by molar-refractivity contribution is 5.86. The molecule has 132 valence electrons. The Labute approximate surface area is 142 Å². The van der Waals surface area contributed by atoms with Crippen molar-refractivity contribution < 1.29 is 19.0 Å². The summed E-state index contributed by atoms with van der Waals surface area (Å²) in [5.41, 5.74) is -0.897. The molecule has 1 aromatic rings. The molecule has 1 aromatic carbocycles. The summed E-state index contributed by atoms with van der Waals surface area (Å²) < 4.78 is 19.3. The molecule has 0 radical (unpaired) electrons. The number of carbonyl (C=O) groups excluding carboxylic acids is 1. The van der Waals surface area contributed by atoms with Gasteiger partial charge >= 0.3 is 0 Å². The van der Waals surface area contributed by atoms with Crippen LogP contribution in [0.4, 0.5) is 4.39 Å². The standard InChI is InChI=1S/C18H25FN2O3/c19-16-6-2-1-5-15(16)13-21-9-3-7-18(23,17(21)22)14-20-8-4-11-24-12-10-20/h1-2,5-6,23H,3-4,7-14H2/t18-/m0/s1. The van der Waals surface area contributed by atoms with E-state index in [0.717, 1.165) is 32.5 Å². The van der Waals surface area contributed by atoms with Gasteiger partial charge in [-0.25, -0.2) is 4.39 Å². The molecule has 3 rings (SSSR count). The summed E-state index contributed by atoms with van der Waals surface area (Å²) in [6.07, 6.45) is 2.08. The maximum Gasteiger partial charge on any atom is 0.256 e. The van der Waals surface area contributed by atoms with Crippen LogP contribution in [0, 0.1) is 5.82 Å². The van der Waals surface area contributed by atoms with E-state index in [1.54, 1.807) is 23.1 Å². The molecule has 6 heteroatoms. The molecule has 0 unspecified atom stereocenters. The molecule has 1 N–H and O–H groups in total. The summed E-state index contributed by atoms with van der Waals surface area (Å²) in [6.45, 7) is 3.98. The molecular weight excluding hydrogens is 311 g/mol. The molecule has 1 amide bonds. The quantitative estimate of drug-likeness (QED) is 0.903. The first kappa shape index (κ1) is 17.3. The summed E-state index contributed by atoms with van der Waals surface area (Å²) in [5.74, 6) is -0.605. The van der Waals surface area contributed by atoms with Crippen LogP contribution in [-0.4, -0.2) is 65.8 Å². The number of likely N-dealkylation sites (tertiary alicyclic amines) is 1. The van der Waals surface area contributed by atoms with E-state index in [1.165, 1.54) is 6.07 Å². The minimum Gasteiger partial charge on any atom is -0.380 e. The van der Waals surface area contributed by atoms with Gasteiger partial charge in [0.25, 0.3) is 5.91 Å². The Morgan fingerprint density at radius 2 is 2.00 bits per heavy atom. The van der Waals surface area contributed by atoms with E-state index in [-0.39, 0.29) is 18.3 Å². The van der Waals surface area contributed by atoms with Crippen molar-refractivity contribution in [1.29, 1.82) is 0 Å². The number of rotatable bonds is 4. The van der Waals surface area contributed by atoms with Crippen molar-refractivity contribution in [3.05, 3.63) is 35.6 Å². The van der Waals surface area contributed by atoms with Crippen LogP contribution < -0.4 is 0 Å². The number of amides is 1. The Morgan fingerprint density at radius 1 is 1.17 bits per heavy atom. The summed E-state index contributed by atoms with van der Waals surface area (Å²) in [5, 5.41) is 10.9. The van der Waals surface area contributed by atoms with Crippen LogP contribution in [0.3, 0.4) is 0 Å². The van der Waals surface area contributed by atoms with Gasteiger partial charge in [-0.3, -0.25) is 9.69 Å². The zero-order chi connectivity index (χ0) is 17.0. The van der Waals surface area contributed by atoms with Crippen LogP contribution in [0.15, 0.2) is 24.3 Å². The van der Waals surface area contributed by atoms with Crippen molar-refractivity contribution >= 4 is 5.91 Å². The predicted molar refractivity (Wildman–Crippen MR) is 87.9 cm³/mol. The molecule has 0 bridgehead atoms. The van der Waals surface area contributed by atoms with Crippen molar-refractivity contribution in [3.63, 3.8) is 0 Å². The van der Waals surface area contributed by atoms with Crippen LogP contribution in [0.2, 0.25) is 0 Å². The summed E-state index contributed by atoms with van der Waals surface area (Å²) in [6, 6.07) is 6.47. The third kappa shape index (κ3) is 3.94. The largest absolute Gasteiger partial charge is 0.380 e. The van der Waals surface area contributed by atoms with Crippen molar-refractivity contribution in [1.82, 2.24) is 9.80 Å². The molecule has 1 atom stereocenters. The van der Waals surface area contributed by atoms with Crippen molar-refractivity contribution in [3.8, 4) is 0 Å². The van der Waals surface area contributed by atoms with Crippen LogP contribution in [0.25, 0.3) is 0 Å². The lowest BCUT2D eigenvalue weighted by Gasteiger charge is -2.40. The third-order valence-electron chi connectivity index (χ3n) is 4.82. The summed E-state index contributed by atoms with van der Waals surface area (Å²) in [4.78, 5) is 16.5. The highest BCUT2D eigenvalue weighted by atomic mass is 19.1. The van der Waals surface area contributed by atoms with Crippen LogP contribution in [0.1, 0.15) is 24.8 Å². The lowest BCUT2D eigenvalue weighted by molar-refractivity contribution is -0.160. The van der Waals surface area contributed by atoms with Gasteiger partial charge in [-0.2, -0.15) is 0 Å². The van der Waals surface area contributed by atoms with E-state index >= 15 is 0 Å². The number of hydrogen-bond donors (Lipinski definition) is 1. The zero-order valence-corrected chi connectivity index (χ0v) is 13.9. The monoisotopic (exact) mass is 336 g/mol. The Balaban J connectivity index is 1.68. The lowest BCUT2D eigenvalue weighted by atomic mass is 9.90. The van der Waals surface area contributed by atoms with Crippen LogP contribution in [0.5, 0.6) is 0 Å². The van der Waals surface area contributed by atoms with Gasteiger partial charge in [0, 0.05) is 44.9 Å². The van der Waals surface area contributed by atoms with Gasteiger partial charge in [-0.05, 0) is 25.3 Å². The minimum absolute atomic E-state index is 0.205. The second-order valence-electron chi connectivity index (χ2n) is 6.70. The molecule has 2 heterocycles. The number of benzene rings is 1. The molecule has 2 aliphatic heterocycles. The van der Waals surface area contributed by atoms with Crippen molar-refractivity contribution in [2.24, 2.45) is 0 Å². The SMILES string of the molecule is O=C1N(Cc2ccccc2F)CCC[C@]1(O)CN1CCCOCC1. The number of piperidine rings is 1. The summed E-state index contributed by atoms with van der Waals surface area (Å²) >= 11 is 0. The lowest BCUT2D eigenvalue weighted by Crippen LogP contribution is -2.58. The number of halogens is 1. The van der Waals surface area contributed by atoms with Crippen molar-refractivity contribution in [2.75, 3.05) is 39.4 Å². The van der Waals surface area contributed by atoms with E-state index in [0.29, 0.717) is 31.7 Å². The highest BCUT2D eigenvalue weighted by Gasteiger charge is 2.43. The zero-order valence-electron chi connectivity index (χ0n) is 13.9. The Bertz CT molecular complexity index is 575. The number of carbonyl (C=O) groups is 1. The number of β-amino-alcohol motifs (C(OH)–C–C–N with tert-alkyl or cyclic N) is 1. The minimum atomic E-state index is -1.38. The Hall–Kier alpha value is -1.50. The molecule has 0 aromatic heterocycles. The number of aliphatic hydroxyl groups is 1.